The summed E-state index contributed by atoms with van der Waals surface area (Å²) in [5.41, 5.74) is 3.48. The highest BCUT2D eigenvalue weighted by molar-refractivity contribution is 7.98. The molecule has 0 saturated heterocycles. The fourth-order valence-corrected chi connectivity index (χ4v) is 6.36. The lowest BCUT2D eigenvalue weighted by molar-refractivity contribution is 0.102. The predicted octanol–water partition coefficient (Wildman–Crippen LogP) is 4.28. The molecule has 0 radical (unpaired) electrons. The number of aromatic nitrogens is 5. The number of rotatable bonds is 5. The van der Waals surface area contributed by atoms with Crippen LogP contribution in [0, 0.1) is 0 Å². The molecule has 1 aliphatic rings. The Balaban J connectivity index is 1.49. The zero-order chi connectivity index (χ0) is 20.5. The monoisotopic (exact) mass is 454 g/mol. The van der Waals surface area contributed by atoms with E-state index in [1.165, 1.54) is 22.2 Å². The van der Waals surface area contributed by atoms with Crippen LogP contribution in [-0.4, -0.2) is 42.7 Å². The van der Waals surface area contributed by atoms with Gasteiger partial charge in [0, 0.05) is 28.7 Å². The summed E-state index contributed by atoms with van der Waals surface area (Å²) < 4.78 is 3.69. The van der Waals surface area contributed by atoms with Crippen LogP contribution in [0.5, 0.6) is 0 Å². The minimum Gasteiger partial charge on any atom is -0.322 e. The first kappa shape index (κ1) is 19.4. The zero-order valence-corrected chi connectivity index (χ0v) is 18.6. The molecule has 4 aromatic rings. The summed E-state index contributed by atoms with van der Waals surface area (Å²) in [6.45, 7) is 0. The molecular weight excluding hydrogens is 436 g/mol. The Morgan fingerprint density at radius 2 is 2.10 bits per heavy atom. The third kappa shape index (κ3) is 3.55. The van der Waals surface area contributed by atoms with Crippen molar-refractivity contribution in [2.24, 2.45) is 0 Å². The van der Waals surface area contributed by atoms with Crippen molar-refractivity contribution in [1.82, 2.24) is 24.8 Å². The fourth-order valence-electron chi connectivity index (χ4n) is 3.48. The predicted molar refractivity (Wildman–Crippen MR) is 122 cm³/mol. The molecule has 0 spiro atoms. The molecular formula is C20H18N6OS3. The summed E-state index contributed by atoms with van der Waals surface area (Å²) in [6.07, 6.45) is 6.82. The lowest BCUT2D eigenvalue weighted by Crippen LogP contribution is -2.17. The van der Waals surface area contributed by atoms with Crippen LogP contribution in [0.3, 0.4) is 0 Å². The van der Waals surface area contributed by atoms with Crippen LogP contribution in [0.2, 0.25) is 0 Å². The molecule has 1 aromatic carbocycles. The number of hydrogen-bond donors (Lipinski definition) is 1. The van der Waals surface area contributed by atoms with Crippen molar-refractivity contribution in [3.05, 3.63) is 64.8 Å². The summed E-state index contributed by atoms with van der Waals surface area (Å²) in [5, 5.41) is 16.6. The molecule has 0 fully saturated rings. The molecule has 1 N–H and O–H groups in total. The van der Waals surface area contributed by atoms with Gasteiger partial charge in [0.15, 0.2) is 0 Å². The standard InChI is InChI=1S/C20H18N6OS3/c1-28-20-22-23-24-26(20)14-6-4-5-13(11-14)21-18(27)17-15-7-10-29-12-16(15)30-19(17)25-8-2-3-9-25/h2-6,8-9,11H,7,10,12H2,1H3,(H,21,27). The maximum absolute atomic E-state index is 13.4. The molecule has 3 aromatic heterocycles. The van der Waals surface area contributed by atoms with Crippen LogP contribution in [0.25, 0.3) is 10.7 Å². The normalized spacial score (nSPS) is 13.2. The van der Waals surface area contributed by atoms with Crippen molar-refractivity contribution in [2.75, 3.05) is 17.3 Å². The average Bonchev–Trinajstić information content (AvgIpc) is 3.52. The zero-order valence-electron chi connectivity index (χ0n) is 16.1. The third-order valence-electron chi connectivity index (χ3n) is 4.84. The van der Waals surface area contributed by atoms with Gasteiger partial charge in [-0.2, -0.15) is 16.4 Å². The van der Waals surface area contributed by atoms with E-state index in [0.717, 1.165) is 34.2 Å². The van der Waals surface area contributed by atoms with Crippen LogP contribution in [0.1, 0.15) is 20.8 Å². The average molecular weight is 455 g/mol. The molecule has 7 nitrogen and oxygen atoms in total. The van der Waals surface area contributed by atoms with Crippen molar-refractivity contribution in [1.29, 1.82) is 0 Å². The second-order valence-electron chi connectivity index (χ2n) is 6.66. The van der Waals surface area contributed by atoms with Gasteiger partial charge < -0.3 is 9.88 Å². The van der Waals surface area contributed by atoms with Crippen molar-refractivity contribution in [3.8, 4) is 10.7 Å². The van der Waals surface area contributed by atoms with Gasteiger partial charge in [0.2, 0.25) is 5.16 Å². The van der Waals surface area contributed by atoms with Gasteiger partial charge in [-0.15, -0.1) is 16.4 Å². The molecule has 5 rings (SSSR count). The van der Waals surface area contributed by atoms with E-state index in [-0.39, 0.29) is 5.91 Å². The van der Waals surface area contributed by atoms with E-state index in [2.05, 4.69) is 20.8 Å². The highest BCUT2D eigenvalue weighted by Gasteiger charge is 2.26. The van der Waals surface area contributed by atoms with Gasteiger partial charge in [0.1, 0.15) is 5.00 Å². The topological polar surface area (TPSA) is 77.6 Å². The lowest BCUT2D eigenvalue weighted by atomic mass is 10.1. The van der Waals surface area contributed by atoms with E-state index >= 15 is 0 Å². The number of fused-ring (bicyclic) bond motifs is 1. The number of nitrogens with one attached hydrogen (secondary N) is 1. The van der Waals surface area contributed by atoms with E-state index in [1.54, 1.807) is 16.0 Å². The first-order valence-electron chi connectivity index (χ1n) is 9.34. The second kappa shape index (κ2) is 8.29. The quantitative estimate of drug-likeness (QED) is 0.454. The molecule has 0 atom stereocenters. The Labute approximate surface area is 185 Å². The van der Waals surface area contributed by atoms with Crippen LogP contribution >= 0.6 is 34.9 Å². The number of thioether (sulfide) groups is 2. The number of carbonyl (C=O) groups excluding carboxylic acids is 1. The molecule has 0 aliphatic carbocycles. The van der Waals surface area contributed by atoms with E-state index in [4.69, 9.17) is 0 Å². The lowest BCUT2D eigenvalue weighted by Gasteiger charge is -2.13. The number of thiophene rings is 1. The van der Waals surface area contributed by atoms with Gasteiger partial charge in [0.25, 0.3) is 5.91 Å². The highest BCUT2D eigenvalue weighted by Crippen LogP contribution is 2.38. The number of tetrazole rings is 1. The molecule has 30 heavy (non-hydrogen) atoms. The summed E-state index contributed by atoms with van der Waals surface area (Å²) in [4.78, 5) is 14.7. The number of carbonyl (C=O) groups is 1. The maximum atomic E-state index is 13.4. The van der Waals surface area contributed by atoms with E-state index < -0.39 is 0 Å². The van der Waals surface area contributed by atoms with Gasteiger partial charge in [-0.05, 0) is 64.8 Å². The fraction of sp³-hybridized carbons (Fsp3) is 0.200. The van der Waals surface area contributed by atoms with Crippen LogP contribution in [0.4, 0.5) is 5.69 Å². The molecule has 1 aliphatic heterocycles. The number of benzene rings is 1. The van der Waals surface area contributed by atoms with E-state index in [1.807, 2.05) is 71.4 Å². The van der Waals surface area contributed by atoms with Gasteiger partial charge in [-0.3, -0.25) is 4.79 Å². The largest absolute Gasteiger partial charge is 0.322 e. The van der Waals surface area contributed by atoms with Gasteiger partial charge in [0.05, 0.1) is 11.3 Å². The van der Waals surface area contributed by atoms with Crippen molar-refractivity contribution in [2.45, 2.75) is 17.3 Å². The van der Waals surface area contributed by atoms with E-state index in [0.29, 0.717) is 10.8 Å². The molecule has 1 amide bonds. The van der Waals surface area contributed by atoms with Crippen molar-refractivity contribution >= 4 is 46.5 Å². The molecule has 4 heterocycles. The van der Waals surface area contributed by atoms with Crippen molar-refractivity contribution in [3.63, 3.8) is 0 Å². The number of amides is 1. The SMILES string of the molecule is CSc1nnnn1-c1cccc(NC(=O)c2c(-n3cccc3)sc3c2CCSC3)c1. The maximum Gasteiger partial charge on any atom is 0.258 e. The first-order chi connectivity index (χ1) is 14.7. The summed E-state index contributed by atoms with van der Waals surface area (Å²) >= 11 is 5.10. The van der Waals surface area contributed by atoms with E-state index in [9.17, 15) is 4.79 Å². The smallest absolute Gasteiger partial charge is 0.258 e. The van der Waals surface area contributed by atoms with Crippen LogP contribution in [0.15, 0.2) is 53.9 Å². The Morgan fingerprint density at radius 1 is 1.23 bits per heavy atom. The van der Waals surface area contributed by atoms with Crippen LogP contribution < -0.4 is 5.32 Å². The molecule has 152 valence electrons. The number of nitrogens with zero attached hydrogens (tertiary/aromatic N) is 5. The highest BCUT2D eigenvalue weighted by atomic mass is 32.2. The van der Waals surface area contributed by atoms with Crippen molar-refractivity contribution < 1.29 is 4.79 Å². The Bertz CT molecular complexity index is 1200. The van der Waals surface area contributed by atoms with Crippen LogP contribution in [-0.2, 0) is 12.2 Å². The summed E-state index contributed by atoms with van der Waals surface area (Å²) in [7, 11) is 0. The minimum atomic E-state index is -0.0814. The second-order valence-corrected chi connectivity index (χ2v) is 9.62. The molecule has 0 bridgehead atoms. The Hall–Kier alpha value is -2.56. The molecule has 0 unspecified atom stereocenters. The van der Waals surface area contributed by atoms with Gasteiger partial charge >= 0.3 is 0 Å². The minimum absolute atomic E-state index is 0.0814. The van der Waals surface area contributed by atoms with Gasteiger partial charge in [-0.1, -0.05) is 17.8 Å². The third-order valence-corrected chi connectivity index (χ3v) is 7.87. The molecule has 0 saturated carbocycles. The Kier molecular flexibility index (Phi) is 5.36. The summed E-state index contributed by atoms with van der Waals surface area (Å²) in [5.74, 6) is 1.93. The number of hydrogen-bond acceptors (Lipinski definition) is 7. The summed E-state index contributed by atoms with van der Waals surface area (Å²) in [6, 6.07) is 11.5. The first-order valence-corrected chi connectivity index (χ1v) is 12.5. The Morgan fingerprint density at radius 3 is 2.93 bits per heavy atom. The van der Waals surface area contributed by atoms with Gasteiger partial charge in [-0.25, -0.2) is 0 Å². The number of anilines is 1. The molecule has 10 heteroatoms.